The highest BCUT2D eigenvalue weighted by Gasteiger charge is 2.17. The third-order valence-corrected chi connectivity index (χ3v) is 7.42. The summed E-state index contributed by atoms with van der Waals surface area (Å²) in [5.74, 6) is 0. The Bertz CT molecular complexity index is 1360. The number of hydrogen-bond acceptors (Lipinski definition) is 1. The van der Waals surface area contributed by atoms with Crippen molar-refractivity contribution in [1.29, 1.82) is 0 Å². The van der Waals surface area contributed by atoms with E-state index in [-0.39, 0.29) is 0 Å². The van der Waals surface area contributed by atoms with Crippen LogP contribution >= 0.6 is 0 Å². The Morgan fingerprint density at radius 1 is 0.927 bits per heavy atom. The molecule has 0 saturated heterocycles. The van der Waals surface area contributed by atoms with Crippen molar-refractivity contribution < 1.29 is 0 Å². The van der Waals surface area contributed by atoms with Gasteiger partial charge in [0.25, 0.3) is 0 Å². The standard InChI is InChI=1S/C18H23N.C12H14.C10H14/c1-6-13(2)18-12-16(11-15(4)19(18)5)17-10-8-7-9-14(17)3;1-10(2)7-8-12-6-4-5-11(3)9-12;1-3-9-6-5-7-10(4-2)8-9/h6-7,9,11-12H,1,8,10H2,2-5H3;4-9H,1H2,2-3H3;5-8H,3-4H2,1-2H3/b18-13-;8-7+;. The summed E-state index contributed by atoms with van der Waals surface area (Å²) in [6, 6.07) is 17.2. The van der Waals surface area contributed by atoms with Gasteiger partial charge in [0.15, 0.2) is 0 Å². The molecule has 1 aliphatic carbocycles. The molecule has 0 aromatic heterocycles. The zero-order valence-electron chi connectivity index (χ0n) is 26.9. The summed E-state index contributed by atoms with van der Waals surface area (Å²) in [4.78, 5) is 2.23. The fourth-order valence-corrected chi connectivity index (χ4v) is 4.69. The lowest BCUT2D eigenvalue weighted by molar-refractivity contribution is 0.525. The molecule has 0 fully saturated rings. The number of rotatable bonds is 6. The van der Waals surface area contributed by atoms with E-state index in [0.717, 1.165) is 31.3 Å². The first-order chi connectivity index (χ1) is 19.6. The first-order valence-corrected chi connectivity index (χ1v) is 14.9. The van der Waals surface area contributed by atoms with E-state index in [0.29, 0.717) is 0 Å². The second-order valence-electron chi connectivity index (χ2n) is 10.9. The zero-order chi connectivity index (χ0) is 30.4. The molecule has 0 atom stereocenters. The molecule has 0 amide bonds. The van der Waals surface area contributed by atoms with Gasteiger partial charge in [-0.1, -0.05) is 117 Å². The minimum Gasteiger partial charge on any atom is -0.348 e. The lowest BCUT2D eigenvalue weighted by Gasteiger charge is -2.29. The van der Waals surface area contributed by atoms with Gasteiger partial charge in [0.1, 0.15) is 0 Å². The van der Waals surface area contributed by atoms with Crippen molar-refractivity contribution in [3.8, 4) is 0 Å². The number of allylic oxidation sites excluding steroid dienone is 12. The van der Waals surface area contributed by atoms with Crippen LogP contribution in [0.3, 0.4) is 0 Å². The van der Waals surface area contributed by atoms with Crippen LogP contribution in [-0.2, 0) is 12.8 Å². The molecule has 0 N–H and O–H groups in total. The van der Waals surface area contributed by atoms with Gasteiger partial charge >= 0.3 is 0 Å². The summed E-state index contributed by atoms with van der Waals surface area (Å²) in [6.07, 6.45) is 19.7. The maximum Gasteiger partial charge on any atom is 0.0441 e. The quantitative estimate of drug-likeness (QED) is 0.326. The van der Waals surface area contributed by atoms with Gasteiger partial charge in [-0.3, -0.25) is 0 Å². The molecule has 216 valence electrons. The highest BCUT2D eigenvalue weighted by molar-refractivity contribution is 5.54. The molecule has 1 aliphatic heterocycles. The van der Waals surface area contributed by atoms with Crippen LogP contribution in [0.4, 0.5) is 0 Å². The predicted molar refractivity (Wildman–Crippen MR) is 184 cm³/mol. The van der Waals surface area contributed by atoms with Crippen molar-refractivity contribution >= 4 is 6.08 Å². The average molecular weight is 546 g/mol. The van der Waals surface area contributed by atoms with Crippen LogP contribution in [0.25, 0.3) is 6.08 Å². The molecule has 1 heteroatoms. The summed E-state index contributed by atoms with van der Waals surface area (Å²) in [5.41, 5.74) is 14.5. The summed E-state index contributed by atoms with van der Waals surface area (Å²) >= 11 is 0. The molecular weight excluding hydrogens is 494 g/mol. The van der Waals surface area contributed by atoms with E-state index in [9.17, 15) is 0 Å². The topological polar surface area (TPSA) is 3.24 Å². The van der Waals surface area contributed by atoms with Gasteiger partial charge in [-0.15, -0.1) is 0 Å². The molecular formula is C40H51N. The Labute approximate surface area is 251 Å². The van der Waals surface area contributed by atoms with Crippen LogP contribution in [0.2, 0.25) is 0 Å². The number of hydrogen-bond donors (Lipinski definition) is 0. The van der Waals surface area contributed by atoms with E-state index in [1.54, 1.807) is 0 Å². The molecule has 1 heterocycles. The third-order valence-electron chi connectivity index (χ3n) is 7.42. The molecule has 41 heavy (non-hydrogen) atoms. The molecule has 2 aliphatic rings. The van der Waals surface area contributed by atoms with Gasteiger partial charge in [-0.05, 0) is 111 Å². The van der Waals surface area contributed by atoms with E-state index < -0.39 is 0 Å². The van der Waals surface area contributed by atoms with Crippen molar-refractivity contribution in [2.24, 2.45) is 0 Å². The van der Waals surface area contributed by atoms with Gasteiger partial charge < -0.3 is 4.90 Å². The smallest absolute Gasteiger partial charge is 0.0441 e. The van der Waals surface area contributed by atoms with Crippen LogP contribution < -0.4 is 0 Å². The minimum atomic E-state index is 1.08. The average Bonchev–Trinajstić information content (AvgIpc) is 2.98. The number of benzene rings is 2. The van der Waals surface area contributed by atoms with Crippen molar-refractivity contribution in [2.75, 3.05) is 7.05 Å². The van der Waals surface area contributed by atoms with Crippen LogP contribution in [0.15, 0.2) is 137 Å². The van der Waals surface area contributed by atoms with Crippen molar-refractivity contribution in [2.45, 2.75) is 74.1 Å². The maximum atomic E-state index is 3.89. The lowest BCUT2D eigenvalue weighted by atomic mass is 9.89. The minimum absolute atomic E-state index is 1.08. The second-order valence-corrected chi connectivity index (χ2v) is 10.9. The molecule has 0 spiro atoms. The summed E-state index contributed by atoms with van der Waals surface area (Å²) in [6.45, 7) is 22.7. The van der Waals surface area contributed by atoms with Crippen molar-refractivity contribution in [1.82, 2.24) is 4.90 Å². The first kappa shape index (κ1) is 33.4. The Balaban J connectivity index is 0.000000230. The second kappa shape index (κ2) is 17.1. The Hall–Kier alpha value is -3.84. The normalized spacial score (nSPS) is 15.8. The monoisotopic (exact) mass is 545 g/mol. The van der Waals surface area contributed by atoms with Crippen molar-refractivity contribution in [3.63, 3.8) is 0 Å². The fraction of sp³-hybridized carbons (Fsp3) is 0.300. The van der Waals surface area contributed by atoms with Gasteiger partial charge in [-0.2, -0.15) is 0 Å². The third kappa shape index (κ3) is 10.9. The van der Waals surface area contributed by atoms with Crippen LogP contribution in [0, 0.1) is 6.92 Å². The Morgan fingerprint density at radius 3 is 2.15 bits per heavy atom. The number of nitrogens with zero attached hydrogens (tertiary/aromatic N) is 1. The van der Waals surface area contributed by atoms with E-state index in [1.807, 2.05) is 19.1 Å². The van der Waals surface area contributed by atoms with Crippen LogP contribution in [-0.4, -0.2) is 11.9 Å². The van der Waals surface area contributed by atoms with Gasteiger partial charge in [-0.25, -0.2) is 0 Å². The van der Waals surface area contributed by atoms with E-state index in [1.165, 1.54) is 55.9 Å². The molecule has 0 bridgehead atoms. The first-order valence-electron chi connectivity index (χ1n) is 14.9. The number of likely N-dealkylation sites (N-methyl/N-ethyl adjacent to an activating group) is 1. The van der Waals surface area contributed by atoms with Crippen molar-refractivity contribution in [3.05, 3.63) is 160 Å². The highest BCUT2D eigenvalue weighted by Crippen LogP contribution is 2.33. The van der Waals surface area contributed by atoms with Crippen LogP contribution in [0.1, 0.15) is 76.6 Å². The largest absolute Gasteiger partial charge is 0.348 e. The summed E-state index contributed by atoms with van der Waals surface area (Å²) in [7, 11) is 2.11. The van der Waals surface area contributed by atoms with Gasteiger partial charge in [0, 0.05) is 18.4 Å². The highest BCUT2D eigenvalue weighted by atomic mass is 15.1. The van der Waals surface area contributed by atoms with E-state index in [4.69, 9.17) is 0 Å². The Kier molecular flexibility index (Phi) is 13.9. The van der Waals surface area contributed by atoms with E-state index in [2.05, 4.69) is 146 Å². The molecule has 0 unspecified atom stereocenters. The molecule has 0 radical (unpaired) electrons. The molecule has 1 nitrogen and oxygen atoms in total. The SMILES string of the molecule is C=C(C)/C=C/c1cccc(C)c1.C=C/C(C)=C1/C=C(C2=C(C)C=CCC2)C=C(C)N1C.CCc1cccc(CC)c1. The maximum absolute atomic E-state index is 3.89. The van der Waals surface area contributed by atoms with Crippen LogP contribution in [0.5, 0.6) is 0 Å². The van der Waals surface area contributed by atoms with E-state index >= 15 is 0 Å². The number of aryl methyl sites for hydroxylation is 3. The summed E-state index contributed by atoms with van der Waals surface area (Å²) < 4.78 is 0. The molecule has 2 aromatic rings. The Morgan fingerprint density at radius 2 is 1.59 bits per heavy atom. The molecule has 2 aromatic carbocycles. The fourth-order valence-electron chi connectivity index (χ4n) is 4.69. The van der Waals surface area contributed by atoms with Gasteiger partial charge in [0.2, 0.25) is 0 Å². The zero-order valence-corrected chi connectivity index (χ0v) is 26.9. The molecule has 0 saturated carbocycles. The lowest BCUT2D eigenvalue weighted by Crippen LogP contribution is -2.19. The molecule has 4 rings (SSSR count). The predicted octanol–water partition coefficient (Wildman–Crippen LogP) is 11.3. The van der Waals surface area contributed by atoms with Gasteiger partial charge in [0.05, 0.1) is 0 Å². The summed E-state index contributed by atoms with van der Waals surface area (Å²) in [5, 5.41) is 0.